The molecular weight excluding hydrogens is 805 g/mol. The number of benzene rings is 3. The molecule has 0 aliphatic heterocycles. The summed E-state index contributed by atoms with van der Waals surface area (Å²) in [4.78, 5) is 73.3. The maximum Gasteiger partial charge on any atom is 0.407 e. The van der Waals surface area contributed by atoms with Gasteiger partial charge in [-0.1, -0.05) is 119 Å². The highest BCUT2D eigenvalue weighted by atomic mass is 32.1. The van der Waals surface area contributed by atoms with Gasteiger partial charge in [0.2, 0.25) is 5.91 Å². The molecule has 330 valence electrons. The zero-order valence-electron chi connectivity index (χ0n) is 36.6. The molecule has 6 rings (SSSR count). The molecule has 5 atom stereocenters. The zero-order chi connectivity index (χ0) is 44.3. The number of nitrogens with zero attached hydrogens (tertiary/aromatic N) is 2. The van der Waals surface area contributed by atoms with Gasteiger partial charge in [0.05, 0.1) is 13.0 Å². The van der Waals surface area contributed by atoms with Crippen molar-refractivity contribution in [2.24, 2.45) is 17.8 Å². The second kappa shape index (κ2) is 21.5. The number of thiazole rings is 1. The van der Waals surface area contributed by atoms with Crippen molar-refractivity contribution in [3.8, 4) is 11.1 Å². The van der Waals surface area contributed by atoms with Crippen molar-refractivity contribution in [3.05, 3.63) is 112 Å². The topological polar surface area (TPSA) is 153 Å². The Morgan fingerprint density at radius 1 is 0.839 bits per heavy atom. The van der Waals surface area contributed by atoms with Crippen molar-refractivity contribution in [1.29, 1.82) is 0 Å². The van der Waals surface area contributed by atoms with E-state index in [1.165, 1.54) is 25.4 Å². The molecular formula is C49H60N4O8S. The Bertz CT molecular complexity index is 2120. The Labute approximate surface area is 369 Å². The van der Waals surface area contributed by atoms with Gasteiger partial charge in [0.25, 0.3) is 5.91 Å². The van der Waals surface area contributed by atoms with Gasteiger partial charge in [-0.05, 0) is 65.3 Å². The van der Waals surface area contributed by atoms with Crippen LogP contribution in [0.4, 0.5) is 4.79 Å². The number of nitrogens with one attached hydrogen (secondary N) is 2. The number of hydrogen-bond donors (Lipinski definition) is 2. The van der Waals surface area contributed by atoms with Crippen LogP contribution in [-0.2, 0) is 35.0 Å². The predicted molar refractivity (Wildman–Crippen MR) is 238 cm³/mol. The van der Waals surface area contributed by atoms with Crippen molar-refractivity contribution in [1.82, 2.24) is 20.5 Å². The van der Waals surface area contributed by atoms with Crippen molar-refractivity contribution < 1.29 is 38.2 Å². The van der Waals surface area contributed by atoms with E-state index in [9.17, 15) is 24.0 Å². The first-order valence-corrected chi connectivity index (χ1v) is 22.7. The van der Waals surface area contributed by atoms with Crippen LogP contribution in [0.2, 0.25) is 0 Å². The fourth-order valence-electron chi connectivity index (χ4n) is 9.11. The first kappa shape index (κ1) is 46.0. The molecule has 1 fully saturated rings. The van der Waals surface area contributed by atoms with Crippen LogP contribution in [-0.4, -0.2) is 78.6 Å². The number of hydrogen-bond acceptors (Lipinski definition) is 10. The van der Waals surface area contributed by atoms with E-state index in [0.29, 0.717) is 17.8 Å². The highest BCUT2D eigenvalue weighted by Gasteiger charge is 2.38. The van der Waals surface area contributed by atoms with Gasteiger partial charge in [-0.3, -0.25) is 19.2 Å². The number of methoxy groups -OCH3 is 1. The van der Waals surface area contributed by atoms with Gasteiger partial charge in [0, 0.05) is 43.8 Å². The molecule has 1 heterocycles. The minimum atomic E-state index is -0.857. The van der Waals surface area contributed by atoms with Crippen LogP contribution < -0.4 is 10.6 Å². The summed E-state index contributed by atoms with van der Waals surface area (Å²) < 4.78 is 16.7. The van der Waals surface area contributed by atoms with Crippen LogP contribution in [0.3, 0.4) is 0 Å². The van der Waals surface area contributed by atoms with Crippen molar-refractivity contribution in [2.45, 2.75) is 109 Å². The summed E-state index contributed by atoms with van der Waals surface area (Å²) >= 11 is 1.20. The van der Waals surface area contributed by atoms with E-state index in [1.807, 2.05) is 68.4 Å². The van der Waals surface area contributed by atoms with Gasteiger partial charge >= 0.3 is 18.0 Å². The third-order valence-corrected chi connectivity index (χ3v) is 13.3. The molecule has 0 saturated heterocycles. The number of rotatable bonds is 18. The van der Waals surface area contributed by atoms with Crippen LogP contribution >= 0.6 is 11.3 Å². The van der Waals surface area contributed by atoms with Crippen molar-refractivity contribution >= 4 is 41.2 Å². The minimum absolute atomic E-state index is 0.0717. The molecule has 3 aromatic carbocycles. The minimum Gasteiger partial charge on any atom is -0.469 e. The van der Waals surface area contributed by atoms with Crippen LogP contribution in [0.25, 0.3) is 11.1 Å². The molecule has 0 unspecified atom stereocenters. The summed E-state index contributed by atoms with van der Waals surface area (Å²) in [6, 6.07) is 24.4. The van der Waals surface area contributed by atoms with Gasteiger partial charge in [-0.2, -0.15) is 0 Å². The highest BCUT2D eigenvalue weighted by molar-refractivity contribution is 7.09. The maximum absolute atomic E-state index is 14.7. The fourth-order valence-corrected chi connectivity index (χ4v) is 9.95. The molecule has 12 nitrogen and oxygen atoms in total. The Morgan fingerprint density at radius 3 is 2.08 bits per heavy atom. The predicted octanol–water partition coefficient (Wildman–Crippen LogP) is 8.65. The second-order valence-electron chi connectivity index (χ2n) is 17.0. The summed E-state index contributed by atoms with van der Waals surface area (Å²) in [5.41, 5.74) is 5.63. The lowest BCUT2D eigenvalue weighted by molar-refractivity contribution is -0.149. The molecule has 1 aromatic heterocycles. The van der Waals surface area contributed by atoms with Crippen LogP contribution in [0, 0.1) is 17.8 Å². The largest absolute Gasteiger partial charge is 0.469 e. The van der Waals surface area contributed by atoms with Crippen LogP contribution in [0.5, 0.6) is 0 Å². The molecule has 0 spiro atoms. The molecule has 4 aromatic rings. The number of fused-ring (bicyclic) bond motifs is 3. The van der Waals surface area contributed by atoms with E-state index < -0.39 is 48.1 Å². The van der Waals surface area contributed by atoms with E-state index >= 15 is 0 Å². The third-order valence-electron chi connectivity index (χ3n) is 12.3. The lowest BCUT2D eigenvalue weighted by Crippen LogP contribution is -2.55. The number of alkyl carbamates (subject to hydrolysis) is 1. The standard InChI is InChI=1S/C49H60N4O8S/c1-30(2)42(27-43(61-32(4)54)46-51-41(29-62-46)45(55)50-35(25-31(3)48(57)59-6)26-33-17-9-7-10-18-33)53(5)47(56)44(34-19-11-8-12-20-34)52-49(58)60-28-40-38-23-15-13-21-36(38)37-22-14-16-24-39(37)40/h7,9-10,13-18,21-24,29-31,34-35,40,42-44H,8,11-12,19-20,25-28H2,1-6H3,(H,50,55)(H,52,58)/t31-,35+,42+,43+,44-/m0/s1. The molecule has 13 heteroatoms. The summed E-state index contributed by atoms with van der Waals surface area (Å²) in [5.74, 6) is -2.27. The summed E-state index contributed by atoms with van der Waals surface area (Å²) in [6.07, 6.45) is 4.17. The van der Waals surface area contributed by atoms with Crippen LogP contribution in [0.1, 0.15) is 117 Å². The Balaban J connectivity index is 1.16. The second-order valence-corrected chi connectivity index (χ2v) is 17.9. The first-order valence-electron chi connectivity index (χ1n) is 21.8. The summed E-state index contributed by atoms with van der Waals surface area (Å²) in [5, 5.41) is 8.10. The summed E-state index contributed by atoms with van der Waals surface area (Å²) in [7, 11) is 3.08. The summed E-state index contributed by atoms with van der Waals surface area (Å²) in [6.45, 7) is 7.21. The first-order chi connectivity index (χ1) is 29.8. The number of esters is 2. The number of carbonyl (C=O) groups is 5. The van der Waals surface area contributed by atoms with Gasteiger partial charge in [-0.15, -0.1) is 11.3 Å². The highest BCUT2D eigenvalue weighted by Crippen LogP contribution is 2.44. The quantitative estimate of drug-likeness (QED) is 0.0740. The van der Waals surface area contributed by atoms with E-state index in [0.717, 1.165) is 59.9 Å². The third kappa shape index (κ3) is 11.5. The van der Waals surface area contributed by atoms with E-state index in [4.69, 9.17) is 14.2 Å². The lowest BCUT2D eigenvalue weighted by Gasteiger charge is -2.38. The van der Waals surface area contributed by atoms with Crippen molar-refractivity contribution in [2.75, 3.05) is 20.8 Å². The van der Waals surface area contributed by atoms with Gasteiger partial charge in [0.15, 0.2) is 6.10 Å². The maximum atomic E-state index is 14.7. The fraction of sp³-hybridized carbons (Fsp3) is 0.469. The number of aromatic nitrogens is 1. The molecule has 62 heavy (non-hydrogen) atoms. The Morgan fingerprint density at radius 2 is 1.47 bits per heavy atom. The zero-order valence-corrected chi connectivity index (χ0v) is 37.5. The molecule has 0 bridgehead atoms. The van der Waals surface area contributed by atoms with Gasteiger partial charge in [0.1, 0.15) is 23.4 Å². The Hall–Kier alpha value is -5.56. The lowest BCUT2D eigenvalue weighted by atomic mass is 9.83. The molecule has 2 aliphatic carbocycles. The van der Waals surface area contributed by atoms with Gasteiger partial charge in [-0.25, -0.2) is 9.78 Å². The normalized spacial score (nSPS) is 16.2. The van der Waals surface area contributed by atoms with E-state index in [1.54, 1.807) is 24.3 Å². The molecule has 2 aliphatic rings. The van der Waals surface area contributed by atoms with Crippen LogP contribution in [0.15, 0.2) is 84.2 Å². The van der Waals surface area contributed by atoms with E-state index in [-0.39, 0.29) is 48.4 Å². The molecule has 1 saturated carbocycles. The Kier molecular flexibility index (Phi) is 15.9. The molecule has 2 N–H and O–H groups in total. The monoisotopic (exact) mass is 864 g/mol. The SMILES string of the molecule is COC(=O)[C@@H](C)C[C@H](Cc1ccccc1)NC(=O)c1csc([C@@H](C[C@H](C(C)C)N(C)C(=O)[C@@H](NC(=O)OCC2c3ccccc3-c3ccccc32)C2CCCCC2)OC(C)=O)n1. The van der Waals surface area contributed by atoms with Crippen molar-refractivity contribution in [3.63, 3.8) is 0 Å². The average Bonchev–Trinajstić information content (AvgIpc) is 3.90. The number of likely N-dealkylation sites (N-methyl/N-ethyl adjacent to an activating group) is 1. The van der Waals surface area contributed by atoms with Gasteiger partial charge < -0.3 is 29.7 Å². The van der Waals surface area contributed by atoms with E-state index in [2.05, 4.69) is 39.9 Å². The molecule has 3 amide bonds. The average molecular weight is 865 g/mol. The number of ether oxygens (including phenoxy) is 3. The molecule has 0 radical (unpaired) electrons. The number of amides is 3. The number of carbonyl (C=O) groups excluding carboxylic acids is 5. The smallest absolute Gasteiger partial charge is 0.407 e.